The summed E-state index contributed by atoms with van der Waals surface area (Å²) in [6.07, 6.45) is 11.3. The Morgan fingerprint density at radius 3 is 2.28 bits per heavy atom. The van der Waals surface area contributed by atoms with Crippen LogP contribution in [-0.4, -0.2) is 30.9 Å². The Morgan fingerprint density at radius 1 is 0.781 bits per heavy atom. The summed E-state index contributed by atoms with van der Waals surface area (Å²) in [6.45, 7) is 6.58. The van der Waals surface area contributed by atoms with Crippen LogP contribution in [0.4, 0.5) is 0 Å². The predicted octanol–water partition coefficient (Wildman–Crippen LogP) is 7.54. The van der Waals surface area contributed by atoms with Gasteiger partial charge in [0.25, 0.3) is 0 Å². The van der Waals surface area contributed by atoms with E-state index in [0.29, 0.717) is 12.4 Å². The van der Waals surface area contributed by atoms with E-state index >= 15 is 0 Å². The van der Waals surface area contributed by atoms with Crippen molar-refractivity contribution in [2.75, 3.05) is 19.8 Å². The van der Waals surface area contributed by atoms with Crippen molar-refractivity contribution in [2.24, 2.45) is 0 Å². The van der Waals surface area contributed by atoms with Crippen molar-refractivity contribution in [3.05, 3.63) is 53.6 Å². The molecule has 0 aliphatic carbocycles. The molecule has 4 heteroatoms. The van der Waals surface area contributed by atoms with Gasteiger partial charge in [0, 0.05) is 18.8 Å². The maximum atomic E-state index is 11.5. The van der Waals surface area contributed by atoms with E-state index in [9.17, 15) is 9.90 Å². The lowest BCUT2D eigenvalue weighted by atomic mass is 9.95. The number of carboxylic acid groups (broad SMARTS) is 1. The first-order valence-corrected chi connectivity index (χ1v) is 12.3. The first-order valence-electron chi connectivity index (χ1n) is 12.3. The highest BCUT2D eigenvalue weighted by Gasteiger charge is 2.14. The van der Waals surface area contributed by atoms with Crippen molar-refractivity contribution in [2.45, 2.75) is 78.1 Å². The fourth-order valence-electron chi connectivity index (χ4n) is 3.78. The van der Waals surface area contributed by atoms with Crippen LogP contribution in [0.1, 0.15) is 87.6 Å². The van der Waals surface area contributed by atoms with Crippen LogP contribution in [0.3, 0.4) is 0 Å². The second-order valence-electron chi connectivity index (χ2n) is 8.36. The van der Waals surface area contributed by atoms with Crippen LogP contribution in [-0.2, 0) is 11.2 Å². The molecule has 2 aromatic rings. The number of hydrogen-bond donors (Lipinski definition) is 1. The summed E-state index contributed by atoms with van der Waals surface area (Å²) in [5, 5.41) is 9.45. The van der Waals surface area contributed by atoms with E-state index in [4.69, 9.17) is 9.47 Å². The molecule has 1 N–H and O–H groups in total. The Balaban J connectivity index is 2.08. The highest BCUT2D eigenvalue weighted by atomic mass is 16.5. The minimum atomic E-state index is -0.932. The zero-order chi connectivity index (χ0) is 23.0. The van der Waals surface area contributed by atoms with Crippen molar-refractivity contribution in [3.63, 3.8) is 0 Å². The summed E-state index contributed by atoms with van der Waals surface area (Å²) in [6, 6.07) is 13.5. The summed E-state index contributed by atoms with van der Waals surface area (Å²) in [5.74, 6) is -0.274. The number of carboxylic acids is 1. The van der Waals surface area contributed by atoms with Gasteiger partial charge in [-0.2, -0.15) is 0 Å². The van der Waals surface area contributed by atoms with Gasteiger partial charge in [0.05, 0.1) is 12.2 Å². The lowest BCUT2D eigenvalue weighted by molar-refractivity contribution is 0.0696. The zero-order valence-electron chi connectivity index (χ0n) is 19.9. The largest absolute Gasteiger partial charge is 0.493 e. The molecule has 0 radical (unpaired) electrons. The number of rotatable bonds is 17. The second-order valence-corrected chi connectivity index (χ2v) is 8.36. The molecular formula is C28H40O4. The van der Waals surface area contributed by atoms with Crippen molar-refractivity contribution in [3.8, 4) is 16.9 Å². The molecule has 0 saturated carbocycles. The molecule has 0 aliphatic heterocycles. The molecule has 32 heavy (non-hydrogen) atoms. The third kappa shape index (κ3) is 9.04. The number of aromatic carboxylic acids is 1. The molecule has 0 bridgehead atoms. The van der Waals surface area contributed by atoms with Crippen molar-refractivity contribution in [1.82, 2.24) is 0 Å². The van der Waals surface area contributed by atoms with Crippen LogP contribution in [0.15, 0.2) is 42.5 Å². The summed E-state index contributed by atoms with van der Waals surface area (Å²) in [5.41, 5.74) is 3.56. The number of carbonyl (C=O) groups is 1. The number of hydrogen-bond acceptors (Lipinski definition) is 3. The summed E-state index contributed by atoms with van der Waals surface area (Å²) in [7, 11) is 0. The van der Waals surface area contributed by atoms with Gasteiger partial charge >= 0.3 is 5.97 Å². The van der Waals surface area contributed by atoms with E-state index in [-0.39, 0.29) is 5.56 Å². The van der Waals surface area contributed by atoms with Gasteiger partial charge in [-0.25, -0.2) is 4.79 Å². The fourth-order valence-corrected chi connectivity index (χ4v) is 3.78. The van der Waals surface area contributed by atoms with Gasteiger partial charge in [-0.05, 0) is 55.0 Å². The van der Waals surface area contributed by atoms with Gasteiger partial charge in [0.2, 0.25) is 0 Å². The maximum absolute atomic E-state index is 11.5. The molecule has 0 spiro atoms. The monoisotopic (exact) mass is 440 g/mol. The Morgan fingerprint density at radius 2 is 1.50 bits per heavy atom. The van der Waals surface area contributed by atoms with Crippen LogP contribution >= 0.6 is 0 Å². The molecular weight excluding hydrogens is 400 g/mol. The van der Waals surface area contributed by atoms with Crippen molar-refractivity contribution >= 4 is 5.97 Å². The SMILES string of the molecule is CCCCCCCCOc1cc(C(=O)O)ccc1-c1ccccc1CCCOCCCC. The molecule has 0 aliphatic rings. The van der Waals surface area contributed by atoms with Gasteiger partial charge in [0.15, 0.2) is 0 Å². The highest BCUT2D eigenvalue weighted by Crippen LogP contribution is 2.34. The van der Waals surface area contributed by atoms with Crippen LogP contribution < -0.4 is 4.74 Å². The van der Waals surface area contributed by atoms with E-state index in [1.807, 2.05) is 12.1 Å². The number of benzene rings is 2. The summed E-state index contributed by atoms with van der Waals surface area (Å²) < 4.78 is 11.8. The van der Waals surface area contributed by atoms with Gasteiger partial charge in [-0.3, -0.25) is 0 Å². The molecule has 2 rings (SSSR count). The molecule has 176 valence electrons. The van der Waals surface area contributed by atoms with Crippen LogP contribution in [0, 0.1) is 0 Å². The second kappa shape index (κ2) is 15.5. The highest BCUT2D eigenvalue weighted by molar-refractivity contribution is 5.90. The predicted molar refractivity (Wildman–Crippen MR) is 132 cm³/mol. The standard InChI is InChI=1S/C28H40O4/c1-3-5-7-8-9-12-21-32-27-22-24(28(29)30)17-18-26(27)25-16-11-10-14-23(25)15-13-20-31-19-6-4-2/h10-11,14,16-18,22H,3-9,12-13,15,19-21H2,1-2H3,(H,29,30). The molecule has 4 nitrogen and oxygen atoms in total. The lowest BCUT2D eigenvalue weighted by Gasteiger charge is -2.16. The van der Waals surface area contributed by atoms with Gasteiger partial charge in [-0.1, -0.05) is 76.6 Å². The third-order valence-electron chi connectivity index (χ3n) is 5.67. The van der Waals surface area contributed by atoms with E-state index in [1.165, 1.54) is 31.2 Å². The average molecular weight is 441 g/mol. The molecule has 0 atom stereocenters. The molecule has 0 aromatic heterocycles. The molecule has 2 aromatic carbocycles. The van der Waals surface area contributed by atoms with E-state index in [1.54, 1.807) is 12.1 Å². The molecule has 0 amide bonds. The number of ether oxygens (including phenoxy) is 2. The first-order chi connectivity index (χ1) is 15.7. The molecule has 0 fully saturated rings. The Labute approximate surface area is 194 Å². The molecule has 0 heterocycles. The number of aryl methyl sites for hydroxylation is 1. The van der Waals surface area contributed by atoms with Gasteiger partial charge in [0.1, 0.15) is 5.75 Å². The van der Waals surface area contributed by atoms with Crippen molar-refractivity contribution in [1.29, 1.82) is 0 Å². The van der Waals surface area contributed by atoms with Crippen LogP contribution in [0.5, 0.6) is 5.75 Å². The summed E-state index contributed by atoms with van der Waals surface area (Å²) in [4.78, 5) is 11.5. The van der Waals surface area contributed by atoms with Crippen LogP contribution in [0.25, 0.3) is 11.1 Å². The molecule has 0 saturated heterocycles. The average Bonchev–Trinajstić information content (AvgIpc) is 2.81. The topological polar surface area (TPSA) is 55.8 Å². The van der Waals surface area contributed by atoms with E-state index in [0.717, 1.165) is 62.9 Å². The Kier molecular flexibility index (Phi) is 12.5. The smallest absolute Gasteiger partial charge is 0.335 e. The quantitative estimate of drug-likeness (QED) is 0.258. The normalized spacial score (nSPS) is 10.9. The Bertz CT molecular complexity index is 800. The zero-order valence-corrected chi connectivity index (χ0v) is 19.9. The van der Waals surface area contributed by atoms with Gasteiger partial charge < -0.3 is 14.6 Å². The minimum Gasteiger partial charge on any atom is -0.493 e. The summed E-state index contributed by atoms with van der Waals surface area (Å²) >= 11 is 0. The van der Waals surface area contributed by atoms with Crippen LogP contribution in [0.2, 0.25) is 0 Å². The Hall–Kier alpha value is -2.33. The third-order valence-corrected chi connectivity index (χ3v) is 5.67. The van der Waals surface area contributed by atoms with Gasteiger partial charge in [-0.15, -0.1) is 0 Å². The minimum absolute atomic E-state index is 0.258. The molecule has 0 unspecified atom stereocenters. The maximum Gasteiger partial charge on any atom is 0.335 e. The number of unbranched alkanes of at least 4 members (excludes halogenated alkanes) is 6. The fraction of sp³-hybridized carbons (Fsp3) is 0.536. The first kappa shape index (κ1) is 25.9. The van der Waals surface area contributed by atoms with E-state index < -0.39 is 5.97 Å². The lowest BCUT2D eigenvalue weighted by Crippen LogP contribution is -2.03. The van der Waals surface area contributed by atoms with Crippen molar-refractivity contribution < 1.29 is 19.4 Å². The van der Waals surface area contributed by atoms with E-state index in [2.05, 4.69) is 32.0 Å².